The predicted molar refractivity (Wildman–Crippen MR) is 94.8 cm³/mol. The lowest BCUT2D eigenvalue weighted by atomic mass is 9.94. The van der Waals surface area contributed by atoms with Gasteiger partial charge in [-0.3, -0.25) is 9.59 Å². The molecule has 1 atom stereocenters. The first-order chi connectivity index (χ1) is 12.1. The summed E-state index contributed by atoms with van der Waals surface area (Å²) >= 11 is 0. The van der Waals surface area contributed by atoms with Crippen molar-refractivity contribution in [3.8, 4) is 0 Å². The van der Waals surface area contributed by atoms with Crippen LogP contribution in [-0.4, -0.2) is 17.7 Å². The zero-order valence-corrected chi connectivity index (χ0v) is 14.5. The van der Waals surface area contributed by atoms with Gasteiger partial charge in [-0.1, -0.05) is 30.3 Å². The third-order valence-electron chi connectivity index (χ3n) is 5.32. The van der Waals surface area contributed by atoms with Gasteiger partial charge in [-0.15, -0.1) is 0 Å². The van der Waals surface area contributed by atoms with Gasteiger partial charge in [-0.2, -0.15) is 0 Å². The molecule has 130 valence electrons. The van der Waals surface area contributed by atoms with Gasteiger partial charge in [-0.25, -0.2) is 0 Å². The summed E-state index contributed by atoms with van der Waals surface area (Å²) in [5.41, 5.74) is 2.57. The van der Waals surface area contributed by atoms with Crippen LogP contribution in [0.4, 0.5) is 0 Å². The van der Waals surface area contributed by atoms with Crippen LogP contribution in [-0.2, 0) is 12.8 Å². The molecule has 1 aromatic carbocycles. The van der Waals surface area contributed by atoms with Gasteiger partial charge in [-0.05, 0) is 44.1 Å². The highest BCUT2D eigenvalue weighted by molar-refractivity contribution is 6.03. The van der Waals surface area contributed by atoms with Crippen molar-refractivity contribution in [2.75, 3.05) is 0 Å². The van der Waals surface area contributed by atoms with Crippen LogP contribution >= 0.6 is 0 Å². The number of nitrogens with one attached hydrogen (secondary N) is 1. The molecule has 2 aliphatic rings. The van der Waals surface area contributed by atoms with Gasteiger partial charge in [0, 0.05) is 24.4 Å². The molecule has 1 aromatic heterocycles. The molecule has 4 heteroatoms. The zero-order valence-electron chi connectivity index (χ0n) is 14.5. The summed E-state index contributed by atoms with van der Waals surface area (Å²) in [5, 5.41) is 3.16. The maximum atomic E-state index is 12.8. The summed E-state index contributed by atoms with van der Waals surface area (Å²) < 4.78 is 5.79. The standard InChI is InChI=1S/C21H23NO3/c1-13-19-17(23)8-5-9-18(19)25-20(13)21(24)22-16(15-10-11-15)12-14-6-3-2-4-7-14/h2-4,6-7,15-16H,5,8-12H2,1H3,(H,22,24). The molecule has 0 spiro atoms. The SMILES string of the molecule is Cc1c(C(=O)NC(Cc2ccccc2)C2CC2)oc2c1C(=O)CCC2. The second-order valence-electron chi connectivity index (χ2n) is 7.24. The maximum absolute atomic E-state index is 12.8. The molecule has 1 unspecified atom stereocenters. The van der Waals surface area contributed by atoms with Crippen molar-refractivity contribution < 1.29 is 14.0 Å². The number of fused-ring (bicyclic) bond motifs is 1. The number of carbonyl (C=O) groups excluding carboxylic acids is 2. The molecule has 1 amide bonds. The summed E-state index contributed by atoms with van der Waals surface area (Å²) in [6.45, 7) is 1.82. The fraction of sp³-hybridized carbons (Fsp3) is 0.429. The summed E-state index contributed by atoms with van der Waals surface area (Å²) in [6.07, 6.45) is 5.24. The van der Waals surface area contributed by atoms with Gasteiger partial charge in [0.2, 0.25) is 0 Å². The van der Waals surface area contributed by atoms with Gasteiger partial charge in [0.15, 0.2) is 11.5 Å². The van der Waals surface area contributed by atoms with Crippen molar-refractivity contribution in [1.82, 2.24) is 5.32 Å². The van der Waals surface area contributed by atoms with E-state index in [9.17, 15) is 9.59 Å². The molecular weight excluding hydrogens is 314 g/mol. The van der Waals surface area contributed by atoms with Gasteiger partial charge >= 0.3 is 0 Å². The molecule has 1 heterocycles. The van der Waals surface area contributed by atoms with Gasteiger partial charge in [0.25, 0.3) is 5.91 Å². The first kappa shape index (κ1) is 16.1. The Morgan fingerprint density at radius 1 is 1.24 bits per heavy atom. The Morgan fingerprint density at radius 3 is 2.68 bits per heavy atom. The van der Waals surface area contributed by atoms with Crippen LogP contribution in [0.3, 0.4) is 0 Å². The second-order valence-corrected chi connectivity index (χ2v) is 7.24. The van der Waals surface area contributed by atoms with Crippen LogP contribution < -0.4 is 5.32 Å². The molecule has 4 nitrogen and oxygen atoms in total. The number of furan rings is 1. The van der Waals surface area contributed by atoms with Gasteiger partial charge in [0.1, 0.15) is 5.76 Å². The molecule has 0 saturated heterocycles. The number of hydrogen-bond donors (Lipinski definition) is 1. The molecule has 1 fully saturated rings. The number of aryl methyl sites for hydroxylation is 1. The van der Waals surface area contributed by atoms with Crippen molar-refractivity contribution in [1.29, 1.82) is 0 Å². The number of Topliss-reactive ketones (excluding diaryl/α,β-unsaturated/α-hetero) is 1. The van der Waals surface area contributed by atoms with Crippen molar-refractivity contribution >= 4 is 11.7 Å². The molecule has 0 bridgehead atoms. The first-order valence-electron chi connectivity index (χ1n) is 9.13. The first-order valence-corrected chi connectivity index (χ1v) is 9.13. The third kappa shape index (κ3) is 3.26. The average molecular weight is 337 g/mol. The van der Waals surface area contributed by atoms with E-state index >= 15 is 0 Å². The van der Waals surface area contributed by atoms with Gasteiger partial charge in [0.05, 0.1) is 5.56 Å². The van der Waals surface area contributed by atoms with Crippen molar-refractivity contribution in [3.05, 3.63) is 58.5 Å². The zero-order chi connectivity index (χ0) is 17.4. The van der Waals surface area contributed by atoms with E-state index in [-0.39, 0.29) is 17.7 Å². The average Bonchev–Trinajstić information content (AvgIpc) is 3.39. The molecule has 1 saturated carbocycles. The number of ketones is 1. The summed E-state index contributed by atoms with van der Waals surface area (Å²) in [6, 6.07) is 10.4. The van der Waals surface area contributed by atoms with E-state index in [1.165, 1.54) is 5.56 Å². The second kappa shape index (κ2) is 6.51. The molecule has 25 heavy (non-hydrogen) atoms. The van der Waals surface area contributed by atoms with Crippen molar-refractivity contribution in [2.24, 2.45) is 5.92 Å². The number of rotatable bonds is 5. The van der Waals surface area contributed by atoms with Crippen LogP contribution in [0.5, 0.6) is 0 Å². The van der Waals surface area contributed by atoms with E-state index in [1.807, 2.05) is 25.1 Å². The Morgan fingerprint density at radius 2 is 2.00 bits per heavy atom. The largest absolute Gasteiger partial charge is 0.455 e. The number of hydrogen-bond acceptors (Lipinski definition) is 3. The minimum absolute atomic E-state index is 0.101. The lowest BCUT2D eigenvalue weighted by Gasteiger charge is -2.18. The minimum Gasteiger partial charge on any atom is -0.455 e. The van der Waals surface area contributed by atoms with Gasteiger partial charge < -0.3 is 9.73 Å². The topological polar surface area (TPSA) is 59.3 Å². The number of benzene rings is 1. The van der Waals surface area contributed by atoms with Crippen molar-refractivity contribution in [2.45, 2.75) is 51.5 Å². The Bertz CT molecular complexity index is 802. The Balaban J connectivity index is 1.53. The molecule has 1 N–H and O–H groups in total. The summed E-state index contributed by atoms with van der Waals surface area (Å²) in [5.74, 6) is 1.46. The Labute approximate surface area is 147 Å². The molecule has 4 rings (SSSR count). The van der Waals surface area contributed by atoms with Crippen LogP contribution in [0, 0.1) is 12.8 Å². The van der Waals surface area contributed by atoms with Crippen LogP contribution in [0.15, 0.2) is 34.7 Å². The third-order valence-corrected chi connectivity index (χ3v) is 5.32. The van der Waals surface area contributed by atoms with E-state index in [0.29, 0.717) is 35.0 Å². The van der Waals surface area contributed by atoms with E-state index in [0.717, 1.165) is 32.1 Å². The fourth-order valence-corrected chi connectivity index (χ4v) is 3.80. The number of amides is 1. The summed E-state index contributed by atoms with van der Waals surface area (Å²) in [4.78, 5) is 24.9. The number of carbonyl (C=O) groups is 2. The highest BCUT2D eigenvalue weighted by Crippen LogP contribution is 2.35. The van der Waals surface area contributed by atoms with E-state index in [1.54, 1.807) is 0 Å². The monoisotopic (exact) mass is 337 g/mol. The summed E-state index contributed by atoms with van der Waals surface area (Å²) in [7, 11) is 0. The highest BCUT2D eigenvalue weighted by atomic mass is 16.4. The predicted octanol–water partition coefficient (Wildman–Crippen LogP) is 3.86. The van der Waals surface area contributed by atoms with Crippen LogP contribution in [0.1, 0.15) is 63.5 Å². The van der Waals surface area contributed by atoms with Crippen LogP contribution in [0.2, 0.25) is 0 Å². The molecule has 2 aromatic rings. The van der Waals surface area contributed by atoms with E-state index in [2.05, 4.69) is 17.4 Å². The molecular formula is C21H23NO3. The van der Waals surface area contributed by atoms with E-state index < -0.39 is 0 Å². The quantitative estimate of drug-likeness (QED) is 0.901. The lowest BCUT2D eigenvalue weighted by Crippen LogP contribution is -2.38. The molecule has 0 aliphatic heterocycles. The Hall–Kier alpha value is -2.36. The smallest absolute Gasteiger partial charge is 0.287 e. The normalized spacial score (nSPS) is 17.9. The maximum Gasteiger partial charge on any atom is 0.287 e. The Kier molecular flexibility index (Phi) is 4.20. The molecule has 0 radical (unpaired) electrons. The van der Waals surface area contributed by atoms with Crippen molar-refractivity contribution in [3.63, 3.8) is 0 Å². The lowest BCUT2D eigenvalue weighted by molar-refractivity contribution is 0.0898. The fourth-order valence-electron chi connectivity index (χ4n) is 3.80. The highest BCUT2D eigenvalue weighted by Gasteiger charge is 2.34. The van der Waals surface area contributed by atoms with E-state index in [4.69, 9.17) is 4.42 Å². The van der Waals surface area contributed by atoms with Crippen LogP contribution in [0.25, 0.3) is 0 Å². The minimum atomic E-state index is -0.187. The molecule has 2 aliphatic carbocycles.